The molecule has 1 atom stereocenters. The number of hydrogen-bond donors (Lipinski definition) is 1. The summed E-state index contributed by atoms with van der Waals surface area (Å²) >= 11 is 6.23. The third-order valence-corrected chi connectivity index (χ3v) is 4.33. The number of aromatic nitrogens is 1. The molecule has 1 fully saturated rings. The van der Waals surface area contributed by atoms with Gasteiger partial charge in [0.15, 0.2) is 0 Å². The number of nitrogens with zero attached hydrogens (tertiary/aromatic N) is 2. The van der Waals surface area contributed by atoms with Gasteiger partial charge in [0.2, 0.25) is 0 Å². The fraction of sp³-hybridized carbons (Fsp3) is 0.333. The van der Waals surface area contributed by atoms with E-state index in [0.717, 1.165) is 11.3 Å². The third kappa shape index (κ3) is 4.24. The number of nitrogens with one attached hydrogen (secondary N) is 1. The highest BCUT2D eigenvalue weighted by molar-refractivity contribution is 6.31. The molecular formula is C18H20ClN3O2. The van der Waals surface area contributed by atoms with Crippen molar-refractivity contribution in [1.82, 2.24) is 15.2 Å². The number of pyridine rings is 1. The number of rotatable bonds is 4. The van der Waals surface area contributed by atoms with Gasteiger partial charge in [0.05, 0.1) is 13.2 Å². The molecule has 2 aromatic rings. The first kappa shape index (κ1) is 16.7. The molecule has 6 heteroatoms. The topological polar surface area (TPSA) is 54.5 Å². The number of morpholine rings is 1. The summed E-state index contributed by atoms with van der Waals surface area (Å²) in [5.74, 6) is 0. The molecule has 0 aliphatic carbocycles. The maximum Gasteiger partial charge on any atom is 0.317 e. The van der Waals surface area contributed by atoms with Gasteiger partial charge in [0, 0.05) is 42.0 Å². The summed E-state index contributed by atoms with van der Waals surface area (Å²) < 4.78 is 5.78. The second-order valence-electron chi connectivity index (χ2n) is 5.63. The minimum atomic E-state index is -0.186. The molecule has 2 amide bonds. The maximum absolute atomic E-state index is 12.4. The first-order valence-electron chi connectivity index (χ1n) is 8.03. The number of halogens is 1. The van der Waals surface area contributed by atoms with E-state index in [2.05, 4.69) is 10.3 Å². The summed E-state index contributed by atoms with van der Waals surface area (Å²) in [7, 11) is 0. The van der Waals surface area contributed by atoms with Crippen molar-refractivity contribution in [3.8, 4) is 0 Å². The minimum absolute atomic E-state index is 0.0775. The molecule has 1 aromatic carbocycles. The van der Waals surface area contributed by atoms with Crippen molar-refractivity contribution in [3.05, 3.63) is 64.9 Å². The normalized spacial score (nSPS) is 17.5. The summed E-state index contributed by atoms with van der Waals surface area (Å²) in [4.78, 5) is 18.4. The molecule has 1 N–H and O–H groups in total. The van der Waals surface area contributed by atoms with Gasteiger partial charge in [-0.25, -0.2) is 4.79 Å². The van der Waals surface area contributed by atoms with E-state index in [4.69, 9.17) is 16.3 Å². The Morgan fingerprint density at radius 3 is 2.92 bits per heavy atom. The first-order chi connectivity index (χ1) is 11.7. The maximum atomic E-state index is 12.4. The number of hydrogen-bond acceptors (Lipinski definition) is 3. The molecule has 3 rings (SSSR count). The number of benzene rings is 1. The van der Waals surface area contributed by atoms with Gasteiger partial charge in [0.25, 0.3) is 0 Å². The van der Waals surface area contributed by atoms with Gasteiger partial charge in [-0.2, -0.15) is 0 Å². The van der Waals surface area contributed by atoms with Gasteiger partial charge in [-0.1, -0.05) is 35.9 Å². The molecule has 5 nitrogen and oxygen atoms in total. The predicted octanol–water partition coefficient (Wildman–Crippen LogP) is 3.06. The van der Waals surface area contributed by atoms with Crippen LogP contribution in [0.4, 0.5) is 4.79 Å². The zero-order chi connectivity index (χ0) is 16.8. The van der Waals surface area contributed by atoms with Crippen LogP contribution in [-0.4, -0.2) is 42.2 Å². The Hall–Kier alpha value is -2.11. The second-order valence-corrected chi connectivity index (χ2v) is 6.04. The predicted molar refractivity (Wildman–Crippen MR) is 93.1 cm³/mol. The van der Waals surface area contributed by atoms with E-state index in [-0.39, 0.29) is 12.1 Å². The van der Waals surface area contributed by atoms with Crippen LogP contribution in [0.15, 0.2) is 48.7 Å². The van der Waals surface area contributed by atoms with Crippen LogP contribution in [0.3, 0.4) is 0 Å². The lowest BCUT2D eigenvalue weighted by Crippen LogP contribution is -2.47. The zero-order valence-electron chi connectivity index (χ0n) is 13.3. The van der Waals surface area contributed by atoms with Gasteiger partial charge in [0.1, 0.15) is 6.10 Å². The van der Waals surface area contributed by atoms with Crippen LogP contribution in [0.5, 0.6) is 0 Å². The van der Waals surface area contributed by atoms with Crippen LogP contribution in [0, 0.1) is 0 Å². The number of carbonyl (C=O) groups excluding carboxylic acids is 1. The van der Waals surface area contributed by atoms with Gasteiger partial charge >= 0.3 is 6.03 Å². The van der Waals surface area contributed by atoms with Crippen molar-refractivity contribution in [2.45, 2.75) is 12.5 Å². The molecule has 24 heavy (non-hydrogen) atoms. The van der Waals surface area contributed by atoms with Gasteiger partial charge in [-0.05, 0) is 18.2 Å². The van der Waals surface area contributed by atoms with Crippen LogP contribution >= 0.6 is 11.6 Å². The fourth-order valence-electron chi connectivity index (χ4n) is 2.71. The van der Waals surface area contributed by atoms with Crippen LogP contribution in [-0.2, 0) is 11.2 Å². The van der Waals surface area contributed by atoms with Crippen molar-refractivity contribution < 1.29 is 9.53 Å². The molecule has 0 unspecified atom stereocenters. The highest BCUT2D eigenvalue weighted by Crippen LogP contribution is 2.28. The monoisotopic (exact) mass is 345 g/mol. The number of amides is 2. The number of ether oxygens (including phenoxy) is 1. The first-order valence-corrected chi connectivity index (χ1v) is 8.40. The van der Waals surface area contributed by atoms with Gasteiger partial charge in [-0.15, -0.1) is 0 Å². The summed E-state index contributed by atoms with van der Waals surface area (Å²) in [6.45, 7) is 2.14. The molecule has 0 saturated carbocycles. The molecular weight excluding hydrogens is 326 g/mol. The van der Waals surface area contributed by atoms with E-state index < -0.39 is 0 Å². The van der Waals surface area contributed by atoms with E-state index in [9.17, 15) is 4.79 Å². The number of urea groups is 1. The number of carbonyl (C=O) groups is 1. The van der Waals surface area contributed by atoms with Crippen LogP contribution in [0.2, 0.25) is 5.02 Å². The third-order valence-electron chi connectivity index (χ3n) is 3.99. The Bertz CT molecular complexity index is 681. The van der Waals surface area contributed by atoms with Crippen LogP contribution in [0.25, 0.3) is 0 Å². The Balaban J connectivity index is 1.52. The smallest absolute Gasteiger partial charge is 0.317 e. The van der Waals surface area contributed by atoms with E-state index in [1.807, 2.05) is 42.5 Å². The molecule has 1 aliphatic heterocycles. The Kier molecular flexibility index (Phi) is 5.67. The summed E-state index contributed by atoms with van der Waals surface area (Å²) in [5.41, 5.74) is 1.89. The molecule has 0 spiro atoms. The summed E-state index contributed by atoms with van der Waals surface area (Å²) in [6, 6.07) is 13.3. The van der Waals surface area contributed by atoms with Gasteiger partial charge < -0.3 is 15.0 Å². The standard InChI is InChI=1S/C18H20ClN3O2/c19-16-7-2-1-6-15(16)17-13-22(11-12-24-17)18(23)21-10-8-14-5-3-4-9-20-14/h1-7,9,17H,8,10-13H2,(H,21,23)/t17-/m0/s1. The Morgan fingerprint density at radius 2 is 2.12 bits per heavy atom. The van der Waals surface area contributed by atoms with Crippen LogP contribution in [0.1, 0.15) is 17.4 Å². The lowest BCUT2D eigenvalue weighted by Gasteiger charge is -2.33. The molecule has 0 bridgehead atoms. The lowest BCUT2D eigenvalue weighted by molar-refractivity contribution is -0.0153. The van der Waals surface area contributed by atoms with E-state index in [1.54, 1.807) is 11.1 Å². The summed E-state index contributed by atoms with van der Waals surface area (Å²) in [5, 5.41) is 3.61. The minimum Gasteiger partial charge on any atom is -0.370 e. The zero-order valence-corrected chi connectivity index (χ0v) is 14.1. The molecule has 1 aromatic heterocycles. The van der Waals surface area contributed by atoms with Crippen molar-refractivity contribution >= 4 is 17.6 Å². The highest BCUT2D eigenvalue weighted by Gasteiger charge is 2.26. The Labute approximate surface area is 146 Å². The average molecular weight is 346 g/mol. The van der Waals surface area contributed by atoms with Crippen molar-refractivity contribution in [1.29, 1.82) is 0 Å². The molecule has 126 valence electrons. The van der Waals surface area contributed by atoms with Gasteiger partial charge in [-0.3, -0.25) is 4.98 Å². The second kappa shape index (κ2) is 8.13. The highest BCUT2D eigenvalue weighted by atomic mass is 35.5. The molecule has 1 saturated heterocycles. The quantitative estimate of drug-likeness (QED) is 0.926. The molecule has 2 heterocycles. The molecule has 0 radical (unpaired) electrons. The Morgan fingerprint density at radius 1 is 1.29 bits per heavy atom. The average Bonchev–Trinajstić information content (AvgIpc) is 2.63. The van der Waals surface area contributed by atoms with E-state index in [1.165, 1.54) is 0 Å². The van der Waals surface area contributed by atoms with E-state index >= 15 is 0 Å². The van der Waals surface area contributed by atoms with Crippen molar-refractivity contribution in [2.24, 2.45) is 0 Å². The van der Waals surface area contributed by atoms with Crippen LogP contribution < -0.4 is 5.32 Å². The van der Waals surface area contributed by atoms with Crippen molar-refractivity contribution in [3.63, 3.8) is 0 Å². The SMILES string of the molecule is O=C(NCCc1ccccn1)N1CCO[C@H](c2ccccc2Cl)C1. The van der Waals surface area contributed by atoms with Crippen molar-refractivity contribution in [2.75, 3.05) is 26.2 Å². The fourth-order valence-corrected chi connectivity index (χ4v) is 2.97. The van der Waals surface area contributed by atoms with E-state index in [0.29, 0.717) is 37.7 Å². The largest absolute Gasteiger partial charge is 0.370 e. The lowest BCUT2D eigenvalue weighted by atomic mass is 10.1. The molecule has 1 aliphatic rings. The summed E-state index contributed by atoms with van der Waals surface area (Å²) in [6.07, 6.45) is 2.28.